The average Bonchev–Trinajstić information content (AvgIpc) is 3.16. The highest BCUT2D eigenvalue weighted by atomic mass is 19.1. The van der Waals surface area contributed by atoms with E-state index in [2.05, 4.69) is 36.3 Å². The fraction of sp³-hybridized carbons (Fsp3) is 0.351. The molecule has 0 bridgehead atoms. The molecule has 0 saturated heterocycles. The number of hydrogen-bond acceptors (Lipinski definition) is 4. The van der Waals surface area contributed by atoms with Gasteiger partial charge in [0.05, 0.1) is 6.61 Å². The first-order valence-corrected chi connectivity index (χ1v) is 15.1. The monoisotopic (exact) mass is 582 g/mol. The van der Waals surface area contributed by atoms with E-state index in [0.717, 1.165) is 58.5 Å². The third-order valence-electron chi connectivity index (χ3n) is 8.31. The van der Waals surface area contributed by atoms with Gasteiger partial charge in [0.25, 0.3) is 5.91 Å². The molecule has 0 aromatic heterocycles. The number of fused-ring (bicyclic) bond motifs is 1. The first-order valence-electron chi connectivity index (χ1n) is 15.1. The molecule has 4 rings (SSSR count). The molecule has 1 heterocycles. The van der Waals surface area contributed by atoms with Gasteiger partial charge < -0.3 is 15.0 Å². The summed E-state index contributed by atoms with van der Waals surface area (Å²) in [6.07, 6.45) is 8.97. The fourth-order valence-corrected chi connectivity index (χ4v) is 5.59. The molecule has 5 nitrogen and oxygen atoms in total. The Bertz CT molecular complexity index is 1580. The number of methoxy groups -OCH3 is 1. The Labute approximate surface area is 254 Å². The number of benzene rings is 3. The van der Waals surface area contributed by atoms with Crippen molar-refractivity contribution in [3.8, 4) is 11.1 Å². The Morgan fingerprint density at radius 1 is 1.07 bits per heavy atom. The van der Waals surface area contributed by atoms with Gasteiger partial charge in [-0.1, -0.05) is 67.5 Å². The van der Waals surface area contributed by atoms with Gasteiger partial charge >= 0.3 is 0 Å². The van der Waals surface area contributed by atoms with Crippen molar-refractivity contribution in [1.82, 2.24) is 10.2 Å². The number of ether oxygens (including phenoxy) is 1. The summed E-state index contributed by atoms with van der Waals surface area (Å²) in [6, 6.07) is 18.1. The number of allylic oxidation sites excluding steroid dienone is 2. The molecule has 0 radical (unpaired) electrons. The van der Waals surface area contributed by atoms with Crippen molar-refractivity contribution in [3.63, 3.8) is 0 Å². The van der Waals surface area contributed by atoms with E-state index in [1.807, 2.05) is 50.2 Å². The van der Waals surface area contributed by atoms with E-state index < -0.39 is 0 Å². The molecule has 43 heavy (non-hydrogen) atoms. The number of amides is 1. The summed E-state index contributed by atoms with van der Waals surface area (Å²) in [6.45, 7) is 10.3. The molecule has 1 aliphatic rings. The highest BCUT2D eigenvalue weighted by Crippen LogP contribution is 2.23. The van der Waals surface area contributed by atoms with Crippen molar-refractivity contribution < 1.29 is 18.7 Å². The van der Waals surface area contributed by atoms with Crippen LogP contribution in [0.4, 0.5) is 4.39 Å². The lowest BCUT2D eigenvalue weighted by Crippen LogP contribution is -2.37. The van der Waals surface area contributed by atoms with Crippen molar-refractivity contribution >= 4 is 24.0 Å². The summed E-state index contributed by atoms with van der Waals surface area (Å²) in [5.74, 6) is 0.00120. The van der Waals surface area contributed by atoms with Crippen molar-refractivity contribution in [1.29, 1.82) is 0 Å². The normalized spacial score (nSPS) is 15.5. The van der Waals surface area contributed by atoms with E-state index in [-0.39, 0.29) is 17.5 Å². The molecule has 0 aliphatic carbocycles. The molecular formula is C37H43FN2O3. The molecule has 226 valence electrons. The second kappa shape index (κ2) is 14.9. The lowest BCUT2D eigenvalue weighted by molar-refractivity contribution is 0.0935. The fourth-order valence-electron chi connectivity index (χ4n) is 5.59. The van der Waals surface area contributed by atoms with Crippen LogP contribution in [0.25, 0.3) is 23.4 Å². The lowest BCUT2D eigenvalue weighted by Gasteiger charge is -2.30. The number of halogens is 1. The van der Waals surface area contributed by atoms with E-state index in [0.29, 0.717) is 36.2 Å². The van der Waals surface area contributed by atoms with Gasteiger partial charge in [-0.25, -0.2) is 4.39 Å². The van der Waals surface area contributed by atoms with Gasteiger partial charge in [0.15, 0.2) is 5.78 Å². The Balaban J connectivity index is 1.47. The van der Waals surface area contributed by atoms with Crippen LogP contribution in [-0.2, 0) is 4.74 Å². The molecule has 0 spiro atoms. The van der Waals surface area contributed by atoms with E-state index in [1.54, 1.807) is 25.3 Å². The molecule has 6 heteroatoms. The van der Waals surface area contributed by atoms with Crippen LogP contribution >= 0.6 is 0 Å². The van der Waals surface area contributed by atoms with Gasteiger partial charge in [0.2, 0.25) is 0 Å². The molecule has 2 atom stereocenters. The summed E-state index contributed by atoms with van der Waals surface area (Å²) in [5.41, 5.74) is 5.21. The second-order valence-corrected chi connectivity index (χ2v) is 11.5. The maximum absolute atomic E-state index is 13.3. The first-order chi connectivity index (χ1) is 20.7. The van der Waals surface area contributed by atoms with Crippen molar-refractivity contribution in [2.75, 3.05) is 26.8 Å². The van der Waals surface area contributed by atoms with Crippen molar-refractivity contribution in [2.24, 2.45) is 5.92 Å². The van der Waals surface area contributed by atoms with Crippen LogP contribution in [0.1, 0.15) is 66.3 Å². The van der Waals surface area contributed by atoms with Gasteiger partial charge in [-0.05, 0) is 85.7 Å². The SMILES string of the molecule is CCC(CC(C)=CC(=O)c1ccc(-c2ccc(F)cc2)cc1)CN1C=c2c(C)c(C(=O)NCCOC)ccc2=CCC1C. The topological polar surface area (TPSA) is 58.6 Å². The number of carbonyl (C=O) groups is 2. The molecule has 3 aromatic rings. The minimum atomic E-state index is -0.268. The third-order valence-corrected chi connectivity index (χ3v) is 8.31. The minimum absolute atomic E-state index is 0.0110. The van der Waals surface area contributed by atoms with Gasteiger partial charge in [-0.15, -0.1) is 0 Å². The maximum atomic E-state index is 13.3. The smallest absolute Gasteiger partial charge is 0.251 e. The van der Waals surface area contributed by atoms with Crippen LogP contribution in [0.3, 0.4) is 0 Å². The van der Waals surface area contributed by atoms with Gasteiger partial charge in [0, 0.05) is 48.8 Å². The van der Waals surface area contributed by atoms with E-state index >= 15 is 0 Å². The zero-order valence-electron chi connectivity index (χ0n) is 26.0. The summed E-state index contributed by atoms with van der Waals surface area (Å²) in [5, 5.41) is 5.18. The van der Waals surface area contributed by atoms with Crippen LogP contribution in [0.15, 0.2) is 72.3 Å². The molecule has 0 fully saturated rings. The average molecular weight is 583 g/mol. The van der Waals surface area contributed by atoms with Crippen LogP contribution in [0, 0.1) is 18.7 Å². The molecule has 1 amide bonds. The standard InChI is InChI=1S/C37H43FN2O3/c1-6-28(21-25(2)22-36(41)32-11-9-29(10-12-32)30-13-16-33(38)17-14-30)23-40-24-35-27(4)34(37(42)39-19-20-43-5)18-15-31(35)8-7-26(40)3/h8-18,22,24,26,28H,6-7,19-21,23H2,1-5H3,(H,39,42). The summed E-state index contributed by atoms with van der Waals surface area (Å²) < 4.78 is 18.3. The zero-order valence-corrected chi connectivity index (χ0v) is 26.0. The summed E-state index contributed by atoms with van der Waals surface area (Å²) in [7, 11) is 1.62. The van der Waals surface area contributed by atoms with Crippen molar-refractivity contribution in [3.05, 3.63) is 105 Å². The quantitative estimate of drug-likeness (QED) is 0.161. The van der Waals surface area contributed by atoms with Gasteiger partial charge in [-0.2, -0.15) is 0 Å². The van der Waals surface area contributed by atoms with Gasteiger partial charge in [-0.3, -0.25) is 9.59 Å². The molecule has 0 saturated carbocycles. The number of hydrogen-bond donors (Lipinski definition) is 1. The Morgan fingerprint density at radius 2 is 1.74 bits per heavy atom. The summed E-state index contributed by atoms with van der Waals surface area (Å²) in [4.78, 5) is 28.3. The Hall–Kier alpha value is -4.03. The number of nitrogens with zero attached hydrogens (tertiary/aromatic N) is 1. The molecule has 1 aliphatic heterocycles. The van der Waals surface area contributed by atoms with E-state index in [4.69, 9.17) is 4.74 Å². The minimum Gasteiger partial charge on any atom is -0.383 e. The maximum Gasteiger partial charge on any atom is 0.251 e. The largest absolute Gasteiger partial charge is 0.383 e. The lowest BCUT2D eigenvalue weighted by atomic mass is 9.94. The van der Waals surface area contributed by atoms with E-state index in [1.165, 1.54) is 12.1 Å². The third kappa shape index (κ3) is 8.29. The number of nitrogens with one attached hydrogen (secondary N) is 1. The van der Waals surface area contributed by atoms with E-state index in [9.17, 15) is 14.0 Å². The number of rotatable bonds is 12. The predicted molar refractivity (Wildman–Crippen MR) is 173 cm³/mol. The predicted octanol–water partition coefficient (Wildman–Crippen LogP) is 6.04. The highest BCUT2D eigenvalue weighted by Gasteiger charge is 2.19. The van der Waals surface area contributed by atoms with Crippen LogP contribution < -0.4 is 15.8 Å². The van der Waals surface area contributed by atoms with Crippen LogP contribution in [0.2, 0.25) is 0 Å². The first kappa shape index (κ1) is 31.9. The zero-order chi connectivity index (χ0) is 30.9. The molecule has 1 N–H and O–H groups in total. The Kier molecular flexibility index (Phi) is 11.1. The van der Waals surface area contributed by atoms with Gasteiger partial charge in [0.1, 0.15) is 5.82 Å². The Morgan fingerprint density at radius 3 is 2.40 bits per heavy atom. The van der Waals surface area contributed by atoms with Crippen LogP contribution in [0.5, 0.6) is 0 Å². The molecular weight excluding hydrogens is 539 g/mol. The molecule has 3 aromatic carbocycles. The number of ketones is 1. The second-order valence-electron chi connectivity index (χ2n) is 11.5. The summed E-state index contributed by atoms with van der Waals surface area (Å²) >= 11 is 0. The van der Waals surface area contributed by atoms with Crippen LogP contribution in [-0.4, -0.2) is 49.4 Å². The molecule has 2 unspecified atom stereocenters. The number of carbonyl (C=O) groups excluding carboxylic acids is 2. The highest BCUT2D eigenvalue weighted by molar-refractivity contribution is 6.05. The van der Waals surface area contributed by atoms with Crippen molar-refractivity contribution in [2.45, 2.75) is 53.0 Å².